The van der Waals surface area contributed by atoms with Gasteiger partial charge in [0, 0.05) is 12.6 Å². The lowest BCUT2D eigenvalue weighted by Crippen LogP contribution is -2.46. The predicted octanol–water partition coefficient (Wildman–Crippen LogP) is 3.41. The summed E-state index contributed by atoms with van der Waals surface area (Å²) in [5, 5.41) is 0. The summed E-state index contributed by atoms with van der Waals surface area (Å²) in [7, 11) is 0. The second kappa shape index (κ2) is 6.44. The van der Waals surface area contributed by atoms with Gasteiger partial charge in [-0.25, -0.2) is 0 Å². The summed E-state index contributed by atoms with van der Waals surface area (Å²) in [5.41, 5.74) is 5.77. The van der Waals surface area contributed by atoms with Crippen LogP contribution in [0.3, 0.4) is 0 Å². The average molecular weight is 280 g/mol. The minimum Gasteiger partial charge on any atom is -0.330 e. The Morgan fingerprint density at radius 3 is 2.00 bits per heavy atom. The Morgan fingerprint density at radius 2 is 1.63 bits per heavy atom. The van der Waals surface area contributed by atoms with Crippen molar-refractivity contribution >= 4 is 0 Å². The maximum Gasteiger partial charge on any atom is 0.391 e. The summed E-state index contributed by atoms with van der Waals surface area (Å²) >= 11 is 0. The molecule has 114 valence electrons. The largest absolute Gasteiger partial charge is 0.391 e. The van der Waals surface area contributed by atoms with Gasteiger partial charge in [-0.1, -0.05) is 20.8 Å². The van der Waals surface area contributed by atoms with Crippen LogP contribution >= 0.6 is 0 Å². The molecule has 2 N–H and O–H groups in total. The second-order valence-electron chi connectivity index (χ2n) is 6.48. The van der Waals surface area contributed by atoms with E-state index < -0.39 is 12.1 Å². The van der Waals surface area contributed by atoms with Crippen molar-refractivity contribution in [2.75, 3.05) is 19.6 Å². The number of alkyl halides is 3. The molecule has 0 heterocycles. The first-order chi connectivity index (χ1) is 8.69. The summed E-state index contributed by atoms with van der Waals surface area (Å²) < 4.78 is 37.9. The Labute approximate surface area is 114 Å². The lowest BCUT2D eigenvalue weighted by atomic mass is 9.83. The fourth-order valence-electron chi connectivity index (χ4n) is 2.88. The lowest BCUT2D eigenvalue weighted by molar-refractivity contribution is -0.184. The van der Waals surface area contributed by atoms with Crippen LogP contribution in [0.2, 0.25) is 0 Å². The van der Waals surface area contributed by atoms with E-state index in [0.29, 0.717) is 19.4 Å². The molecule has 2 nitrogen and oxygen atoms in total. The van der Waals surface area contributed by atoms with E-state index in [-0.39, 0.29) is 24.3 Å². The molecule has 1 aliphatic carbocycles. The van der Waals surface area contributed by atoms with Crippen LogP contribution in [0.1, 0.15) is 46.5 Å². The molecular weight excluding hydrogens is 253 g/mol. The molecule has 0 bridgehead atoms. The monoisotopic (exact) mass is 280 g/mol. The normalized spacial score (nSPS) is 25.9. The zero-order chi connectivity index (χ0) is 14.7. The Hall–Kier alpha value is -0.290. The van der Waals surface area contributed by atoms with Crippen LogP contribution in [0.5, 0.6) is 0 Å². The van der Waals surface area contributed by atoms with E-state index >= 15 is 0 Å². The van der Waals surface area contributed by atoms with Crippen LogP contribution in [-0.4, -0.2) is 36.8 Å². The van der Waals surface area contributed by atoms with Crippen molar-refractivity contribution in [1.29, 1.82) is 0 Å². The number of rotatable bonds is 5. The Morgan fingerprint density at radius 1 is 1.11 bits per heavy atom. The highest BCUT2D eigenvalue weighted by Crippen LogP contribution is 2.39. The molecule has 0 aromatic rings. The Balaban J connectivity index is 2.53. The van der Waals surface area contributed by atoms with Crippen LogP contribution in [0.4, 0.5) is 13.2 Å². The molecule has 19 heavy (non-hydrogen) atoms. The molecule has 1 fully saturated rings. The smallest absolute Gasteiger partial charge is 0.330 e. The summed E-state index contributed by atoms with van der Waals surface area (Å²) in [4.78, 5) is 2.31. The summed E-state index contributed by atoms with van der Waals surface area (Å²) in [6.07, 6.45) is -2.17. The van der Waals surface area contributed by atoms with Gasteiger partial charge >= 0.3 is 6.18 Å². The highest BCUT2D eigenvalue weighted by Gasteiger charge is 2.42. The summed E-state index contributed by atoms with van der Waals surface area (Å²) in [6, 6.07) is 0.287. The quantitative estimate of drug-likeness (QED) is 0.836. The van der Waals surface area contributed by atoms with E-state index in [0.717, 1.165) is 13.1 Å². The van der Waals surface area contributed by atoms with Gasteiger partial charge in [0.15, 0.2) is 0 Å². The van der Waals surface area contributed by atoms with Crippen molar-refractivity contribution in [3.8, 4) is 0 Å². The van der Waals surface area contributed by atoms with Gasteiger partial charge in [-0.15, -0.1) is 0 Å². The van der Waals surface area contributed by atoms with E-state index in [2.05, 4.69) is 25.7 Å². The van der Waals surface area contributed by atoms with Crippen molar-refractivity contribution in [2.24, 2.45) is 17.1 Å². The van der Waals surface area contributed by atoms with Crippen molar-refractivity contribution in [3.63, 3.8) is 0 Å². The standard InChI is InChI=1S/C14H27F3N2/c1-4-19(10-13(2,3)9-18)12-7-5-11(6-8-12)14(15,16)17/h11-12H,4-10,18H2,1-3H3. The van der Waals surface area contributed by atoms with Crippen LogP contribution in [0.25, 0.3) is 0 Å². The van der Waals surface area contributed by atoms with Gasteiger partial charge < -0.3 is 10.6 Å². The molecule has 1 aliphatic rings. The zero-order valence-electron chi connectivity index (χ0n) is 12.3. The Kier molecular flexibility index (Phi) is 5.68. The topological polar surface area (TPSA) is 29.3 Å². The van der Waals surface area contributed by atoms with Crippen LogP contribution < -0.4 is 5.73 Å². The maximum absolute atomic E-state index is 12.6. The van der Waals surface area contributed by atoms with Gasteiger partial charge in [-0.2, -0.15) is 13.2 Å². The third kappa shape index (κ3) is 4.95. The number of hydrogen-bond donors (Lipinski definition) is 1. The first-order valence-corrected chi connectivity index (χ1v) is 7.20. The van der Waals surface area contributed by atoms with Crippen LogP contribution in [-0.2, 0) is 0 Å². The van der Waals surface area contributed by atoms with E-state index in [9.17, 15) is 13.2 Å². The Bertz CT molecular complexity index is 268. The molecule has 0 aromatic carbocycles. The number of hydrogen-bond acceptors (Lipinski definition) is 2. The predicted molar refractivity (Wildman–Crippen MR) is 71.9 cm³/mol. The molecule has 0 aromatic heterocycles. The van der Waals surface area contributed by atoms with Gasteiger partial charge in [-0.05, 0) is 44.2 Å². The zero-order valence-corrected chi connectivity index (χ0v) is 12.3. The molecule has 1 rings (SSSR count). The summed E-state index contributed by atoms with van der Waals surface area (Å²) in [5.74, 6) is -1.09. The lowest BCUT2D eigenvalue weighted by Gasteiger charge is -2.40. The molecule has 0 spiro atoms. The minimum absolute atomic E-state index is 0.0247. The molecule has 5 heteroatoms. The number of halogens is 3. The van der Waals surface area contributed by atoms with Gasteiger partial charge in [0.1, 0.15) is 0 Å². The van der Waals surface area contributed by atoms with E-state index in [1.165, 1.54) is 0 Å². The second-order valence-corrected chi connectivity index (χ2v) is 6.48. The van der Waals surface area contributed by atoms with E-state index in [1.54, 1.807) is 0 Å². The maximum atomic E-state index is 12.6. The van der Waals surface area contributed by atoms with Crippen molar-refractivity contribution in [3.05, 3.63) is 0 Å². The molecule has 0 atom stereocenters. The average Bonchev–Trinajstić information content (AvgIpc) is 2.35. The highest BCUT2D eigenvalue weighted by molar-refractivity contribution is 4.85. The van der Waals surface area contributed by atoms with Crippen molar-refractivity contribution in [2.45, 2.75) is 58.7 Å². The van der Waals surface area contributed by atoms with Crippen LogP contribution in [0, 0.1) is 11.3 Å². The SMILES string of the molecule is CCN(CC(C)(C)CN)C1CCC(C(F)(F)F)CC1. The van der Waals surface area contributed by atoms with Gasteiger partial charge in [-0.3, -0.25) is 0 Å². The molecule has 0 saturated heterocycles. The first kappa shape index (κ1) is 16.8. The van der Waals surface area contributed by atoms with Gasteiger partial charge in [0.05, 0.1) is 5.92 Å². The van der Waals surface area contributed by atoms with Crippen LogP contribution in [0.15, 0.2) is 0 Å². The van der Waals surface area contributed by atoms with Crippen molar-refractivity contribution in [1.82, 2.24) is 4.90 Å². The first-order valence-electron chi connectivity index (χ1n) is 7.20. The minimum atomic E-state index is -4.02. The number of nitrogens with two attached hydrogens (primary N) is 1. The summed E-state index contributed by atoms with van der Waals surface area (Å²) in [6.45, 7) is 8.63. The molecule has 1 saturated carbocycles. The molecular formula is C14H27F3N2. The van der Waals surface area contributed by atoms with E-state index in [4.69, 9.17) is 5.73 Å². The molecule has 0 amide bonds. The third-order valence-corrected chi connectivity index (χ3v) is 4.27. The number of nitrogens with zero attached hydrogens (tertiary/aromatic N) is 1. The fourth-order valence-corrected chi connectivity index (χ4v) is 2.88. The van der Waals surface area contributed by atoms with E-state index in [1.807, 2.05) is 0 Å². The molecule has 0 unspecified atom stereocenters. The van der Waals surface area contributed by atoms with Crippen molar-refractivity contribution < 1.29 is 13.2 Å². The third-order valence-electron chi connectivity index (χ3n) is 4.27. The molecule has 0 radical (unpaired) electrons. The van der Waals surface area contributed by atoms with Gasteiger partial charge in [0.2, 0.25) is 0 Å². The van der Waals surface area contributed by atoms with Gasteiger partial charge in [0.25, 0.3) is 0 Å². The highest BCUT2D eigenvalue weighted by atomic mass is 19.4. The fraction of sp³-hybridized carbons (Fsp3) is 1.00. The molecule has 0 aliphatic heterocycles.